The van der Waals surface area contributed by atoms with Gasteiger partial charge < -0.3 is 15.8 Å². The molecular weight excluding hydrogens is 416 g/mol. The van der Waals surface area contributed by atoms with Crippen LogP contribution in [0.3, 0.4) is 0 Å². The van der Waals surface area contributed by atoms with Crippen LogP contribution >= 0.6 is 0 Å². The summed E-state index contributed by atoms with van der Waals surface area (Å²) in [4.78, 5) is 20.4. The number of benzene rings is 1. The van der Waals surface area contributed by atoms with Crippen molar-refractivity contribution in [3.05, 3.63) is 30.6 Å². The van der Waals surface area contributed by atoms with Crippen LogP contribution in [0.1, 0.15) is 57.9 Å². The average Bonchev–Trinajstić information content (AvgIpc) is 3.18. The molecule has 3 aromatic rings. The second kappa shape index (κ2) is 9.10. The van der Waals surface area contributed by atoms with Crippen molar-refractivity contribution in [1.29, 1.82) is 0 Å². The monoisotopic (exact) mass is 444 g/mol. The molecule has 0 unspecified atom stereocenters. The molecule has 0 atom stereocenters. The number of carbonyl (C=O) groups excluding carboxylic acids is 1. The van der Waals surface area contributed by atoms with Crippen LogP contribution in [-0.2, 0) is 4.79 Å². The van der Waals surface area contributed by atoms with E-state index in [1.54, 1.807) is 6.92 Å². The van der Waals surface area contributed by atoms with Gasteiger partial charge in [-0.3, -0.25) is 4.79 Å². The molecule has 2 heterocycles. The molecule has 3 N–H and O–H groups in total. The number of nitrogen functional groups attached to an aromatic ring is 1. The fourth-order valence-electron chi connectivity index (χ4n) is 4.76. The molecule has 8 heteroatoms. The van der Waals surface area contributed by atoms with Crippen LogP contribution in [0.2, 0.25) is 0 Å². The van der Waals surface area contributed by atoms with Crippen LogP contribution < -0.4 is 15.8 Å². The Morgan fingerprint density at radius 1 is 1.15 bits per heavy atom. The fraction of sp³-hybridized carbons (Fsp3) is 0.440. The van der Waals surface area contributed by atoms with Crippen LogP contribution in [0.15, 0.2) is 30.6 Å². The molecule has 2 saturated carbocycles. The fourth-order valence-corrected chi connectivity index (χ4v) is 4.76. The number of aromatic nitrogens is 4. The normalized spacial score (nSPS) is 20.5. The van der Waals surface area contributed by atoms with E-state index in [4.69, 9.17) is 15.6 Å². The van der Waals surface area contributed by atoms with Crippen molar-refractivity contribution in [3.63, 3.8) is 0 Å². The number of hydrogen-bond donors (Lipinski definition) is 2. The van der Waals surface area contributed by atoms with Crippen molar-refractivity contribution >= 4 is 22.8 Å². The van der Waals surface area contributed by atoms with Crippen LogP contribution in [0.5, 0.6) is 5.75 Å². The van der Waals surface area contributed by atoms with Gasteiger partial charge in [-0.15, -0.1) is 0 Å². The minimum Gasteiger partial charge on any atom is -0.490 e. The number of fused-ring (bicyclic) bond motifs is 1. The van der Waals surface area contributed by atoms with E-state index in [1.165, 1.54) is 25.6 Å². The topological polar surface area (TPSA) is 108 Å². The molecule has 2 aliphatic carbocycles. The predicted octanol–water partition coefficient (Wildman–Crippen LogP) is 3.63. The van der Waals surface area contributed by atoms with Gasteiger partial charge in [0.25, 0.3) is 5.91 Å². The number of rotatable bonds is 5. The van der Waals surface area contributed by atoms with E-state index in [9.17, 15) is 4.79 Å². The summed E-state index contributed by atoms with van der Waals surface area (Å²) in [6.07, 6.45) is 9.35. The third-order valence-corrected chi connectivity index (χ3v) is 6.53. The molecule has 170 valence electrons. The molecule has 1 aromatic carbocycles. The quantitative estimate of drug-likeness (QED) is 0.582. The maximum Gasteiger partial charge on any atom is 0.296 e. The van der Waals surface area contributed by atoms with E-state index in [1.807, 2.05) is 28.9 Å². The van der Waals surface area contributed by atoms with E-state index >= 15 is 0 Å². The van der Waals surface area contributed by atoms with Gasteiger partial charge >= 0.3 is 0 Å². The maximum absolute atomic E-state index is 11.7. The van der Waals surface area contributed by atoms with E-state index in [0.29, 0.717) is 17.6 Å². The number of nitrogens with zero attached hydrogens (tertiary/aromatic N) is 4. The zero-order valence-corrected chi connectivity index (χ0v) is 18.8. The largest absolute Gasteiger partial charge is 0.490 e. The number of anilines is 1. The van der Waals surface area contributed by atoms with Gasteiger partial charge in [0, 0.05) is 11.6 Å². The van der Waals surface area contributed by atoms with E-state index in [0.717, 1.165) is 48.1 Å². The highest BCUT2D eigenvalue weighted by molar-refractivity contribution is 5.98. The summed E-state index contributed by atoms with van der Waals surface area (Å²) in [7, 11) is 0. The average molecular weight is 445 g/mol. The molecule has 5 rings (SSSR count). The summed E-state index contributed by atoms with van der Waals surface area (Å²) >= 11 is 0. The Balaban J connectivity index is 1.38. The Morgan fingerprint density at radius 3 is 2.64 bits per heavy atom. The standard InChI is InChI=1S/C25H28N6O2/c1-2-6-21(32)29-17-13-18(14-17)31-25-22(24(26)27-15-28-25)23(30-31)16-9-11-20(12-10-16)33-19-7-4-3-5-8-19/h9-12,15,17-19H,3-5,7-8,13-14H2,1H3,(H,29,32)(H2,26,27,28). The van der Waals surface area contributed by atoms with Crippen LogP contribution in [-0.4, -0.2) is 37.8 Å². The molecular formula is C25H28N6O2. The first kappa shape index (κ1) is 21.3. The van der Waals surface area contributed by atoms with Crippen LogP contribution in [0, 0.1) is 11.8 Å². The molecule has 0 bridgehead atoms. The predicted molar refractivity (Wildman–Crippen MR) is 126 cm³/mol. The summed E-state index contributed by atoms with van der Waals surface area (Å²) in [6.45, 7) is 1.65. The molecule has 2 aromatic heterocycles. The molecule has 0 aliphatic heterocycles. The highest BCUT2D eigenvalue weighted by atomic mass is 16.5. The Kier molecular flexibility index (Phi) is 5.86. The van der Waals surface area contributed by atoms with Gasteiger partial charge in [0.05, 0.1) is 17.5 Å². The summed E-state index contributed by atoms with van der Waals surface area (Å²) < 4.78 is 8.09. The van der Waals surface area contributed by atoms with Gasteiger partial charge in [-0.05, 0) is 75.6 Å². The second-order valence-corrected chi connectivity index (χ2v) is 8.82. The second-order valence-electron chi connectivity index (χ2n) is 8.82. The van der Waals surface area contributed by atoms with E-state index in [2.05, 4.69) is 27.1 Å². The first-order valence-electron chi connectivity index (χ1n) is 11.6. The lowest BCUT2D eigenvalue weighted by atomic mass is 9.87. The first-order valence-corrected chi connectivity index (χ1v) is 11.6. The summed E-state index contributed by atoms with van der Waals surface area (Å²) in [5.74, 6) is 6.19. The van der Waals surface area contributed by atoms with E-state index < -0.39 is 0 Å². The lowest BCUT2D eigenvalue weighted by Gasteiger charge is -2.35. The first-order chi connectivity index (χ1) is 16.1. The SMILES string of the molecule is CC#CC(=O)NC1CC(n2nc(-c3ccc(OC4CCCCC4)cc3)c3c(N)ncnc32)C1. The number of hydrogen-bond acceptors (Lipinski definition) is 6. The Labute approximate surface area is 192 Å². The molecule has 2 fully saturated rings. The van der Waals surface area contributed by atoms with Crippen molar-refractivity contribution in [1.82, 2.24) is 25.1 Å². The lowest BCUT2D eigenvalue weighted by Crippen LogP contribution is -2.44. The van der Waals surface area contributed by atoms with Crippen molar-refractivity contribution in [2.75, 3.05) is 5.73 Å². The van der Waals surface area contributed by atoms with Gasteiger partial charge in [-0.25, -0.2) is 14.6 Å². The van der Waals surface area contributed by atoms with Gasteiger partial charge in [0.15, 0.2) is 5.65 Å². The Hall–Kier alpha value is -3.60. The zero-order valence-electron chi connectivity index (χ0n) is 18.8. The van der Waals surface area contributed by atoms with Crippen molar-refractivity contribution in [3.8, 4) is 28.8 Å². The summed E-state index contributed by atoms with van der Waals surface area (Å²) in [5.41, 5.74) is 8.66. The summed E-state index contributed by atoms with van der Waals surface area (Å²) in [6, 6.07) is 8.25. The molecule has 0 radical (unpaired) electrons. The Bertz CT molecular complexity index is 1210. The highest BCUT2D eigenvalue weighted by Crippen LogP contribution is 2.38. The van der Waals surface area contributed by atoms with Gasteiger partial charge in [-0.2, -0.15) is 5.10 Å². The minimum atomic E-state index is -0.242. The highest BCUT2D eigenvalue weighted by Gasteiger charge is 2.34. The molecule has 0 spiro atoms. The number of carbonyl (C=O) groups is 1. The van der Waals surface area contributed by atoms with Crippen molar-refractivity contribution in [2.45, 2.75) is 70.1 Å². The number of amides is 1. The van der Waals surface area contributed by atoms with Gasteiger partial charge in [0.2, 0.25) is 0 Å². The summed E-state index contributed by atoms with van der Waals surface area (Å²) in [5, 5.41) is 8.57. The third-order valence-electron chi connectivity index (χ3n) is 6.53. The molecule has 1 amide bonds. The Morgan fingerprint density at radius 2 is 1.91 bits per heavy atom. The van der Waals surface area contributed by atoms with Crippen LogP contribution in [0.25, 0.3) is 22.3 Å². The maximum atomic E-state index is 11.7. The van der Waals surface area contributed by atoms with Gasteiger partial charge in [0.1, 0.15) is 23.6 Å². The molecule has 2 aliphatic rings. The molecule has 33 heavy (non-hydrogen) atoms. The molecule has 0 saturated heterocycles. The number of ether oxygens (including phenoxy) is 1. The minimum absolute atomic E-state index is 0.0847. The number of nitrogens with two attached hydrogens (primary N) is 1. The lowest BCUT2D eigenvalue weighted by molar-refractivity contribution is -0.117. The van der Waals surface area contributed by atoms with E-state index in [-0.39, 0.29) is 18.0 Å². The zero-order chi connectivity index (χ0) is 22.8. The molecule has 8 nitrogen and oxygen atoms in total. The van der Waals surface area contributed by atoms with Crippen molar-refractivity contribution in [2.24, 2.45) is 0 Å². The number of nitrogens with one attached hydrogen (secondary N) is 1. The third kappa shape index (κ3) is 4.36. The van der Waals surface area contributed by atoms with Crippen LogP contribution in [0.4, 0.5) is 5.82 Å². The van der Waals surface area contributed by atoms with Crippen molar-refractivity contribution < 1.29 is 9.53 Å². The smallest absolute Gasteiger partial charge is 0.296 e. The van der Waals surface area contributed by atoms with Gasteiger partial charge in [-0.1, -0.05) is 12.3 Å².